The molecule has 1 aliphatic rings. The number of nitrogens with zero attached hydrogens (tertiary/aromatic N) is 2. The number of rotatable bonds is 2. The van der Waals surface area contributed by atoms with E-state index < -0.39 is 0 Å². The van der Waals surface area contributed by atoms with E-state index in [9.17, 15) is 0 Å². The first-order valence-corrected chi connectivity index (χ1v) is 6.22. The summed E-state index contributed by atoms with van der Waals surface area (Å²) >= 11 is 0. The quantitative estimate of drug-likeness (QED) is 0.855. The van der Waals surface area contributed by atoms with Gasteiger partial charge in [-0.15, -0.1) is 0 Å². The Morgan fingerprint density at radius 3 is 2.94 bits per heavy atom. The van der Waals surface area contributed by atoms with Gasteiger partial charge >= 0.3 is 0 Å². The van der Waals surface area contributed by atoms with Gasteiger partial charge in [-0.3, -0.25) is 0 Å². The van der Waals surface area contributed by atoms with Crippen LogP contribution in [-0.2, 0) is 6.42 Å². The molecule has 2 heterocycles. The van der Waals surface area contributed by atoms with Crippen LogP contribution in [0.1, 0.15) is 12.5 Å². The average Bonchev–Trinajstić information content (AvgIpc) is 2.82. The molecule has 0 spiro atoms. The molecule has 4 heteroatoms. The molecule has 1 aromatic heterocycles. The first kappa shape index (κ1) is 10.6. The normalized spacial score (nSPS) is 16.6. The highest BCUT2D eigenvalue weighted by Gasteiger charge is 2.16. The van der Waals surface area contributed by atoms with E-state index in [0.29, 0.717) is 0 Å². The molecule has 2 aromatic rings. The van der Waals surface area contributed by atoms with E-state index >= 15 is 0 Å². The molecule has 1 fully saturated rings. The van der Waals surface area contributed by atoms with E-state index in [4.69, 9.17) is 4.42 Å². The Labute approximate surface area is 101 Å². The van der Waals surface area contributed by atoms with Gasteiger partial charge in [-0.05, 0) is 24.1 Å². The van der Waals surface area contributed by atoms with Crippen LogP contribution >= 0.6 is 0 Å². The second-order valence-electron chi connectivity index (χ2n) is 4.39. The van der Waals surface area contributed by atoms with Gasteiger partial charge in [0, 0.05) is 26.2 Å². The van der Waals surface area contributed by atoms with Gasteiger partial charge in [0.15, 0.2) is 5.58 Å². The number of aryl methyl sites for hydroxylation is 1. The number of aromatic nitrogens is 1. The second-order valence-corrected chi connectivity index (χ2v) is 4.39. The monoisotopic (exact) mass is 231 g/mol. The topological polar surface area (TPSA) is 41.3 Å². The number of hydrogen-bond donors (Lipinski definition) is 1. The SMILES string of the molecule is CCc1ccc2oc(N3CCNCC3)nc2c1. The Kier molecular flexibility index (Phi) is 2.73. The van der Waals surface area contributed by atoms with Crippen LogP contribution in [0.2, 0.25) is 0 Å². The van der Waals surface area contributed by atoms with Gasteiger partial charge in [0.05, 0.1) is 0 Å². The number of hydrogen-bond acceptors (Lipinski definition) is 4. The largest absolute Gasteiger partial charge is 0.423 e. The van der Waals surface area contributed by atoms with E-state index in [1.807, 2.05) is 6.07 Å². The summed E-state index contributed by atoms with van der Waals surface area (Å²) in [4.78, 5) is 6.77. The van der Waals surface area contributed by atoms with Crippen molar-refractivity contribution < 1.29 is 4.42 Å². The Morgan fingerprint density at radius 1 is 1.35 bits per heavy atom. The molecule has 1 aliphatic heterocycles. The molecule has 0 radical (unpaired) electrons. The maximum atomic E-state index is 5.79. The number of piperazine rings is 1. The number of benzene rings is 1. The minimum Gasteiger partial charge on any atom is -0.423 e. The van der Waals surface area contributed by atoms with Crippen LogP contribution in [0, 0.1) is 0 Å². The van der Waals surface area contributed by atoms with E-state index in [1.54, 1.807) is 0 Å². The van der Waals surface area contributed by atoms with Crippen molar-refractivity contribution in [1.82, 2.24) is 10.3 Å². The van der Waals surface area contributed by atoms with Crippen LogP contribution in [-0.4, -0.2) is 31.2 Å². The molecule has 90 valence electrons. The first-order chi connectivity index (χ1) is 8.36. The Hall–Kier alpha value is -1.55. The summed E-state index contributed by atoms with van der Waals surface area (Å²) in [6.45, 7) is 6.08. The minimum atomic E-state index is 0.759. The van der Waals surface area contributed by atoms with E-state index in [-0.39, 0.29) is 0 Å². The molecular formula is C13H17N3O. The minimum absolute atomic E-state index is 0.759. The van der Waals surface area contributed by atoms with Gasteiger partial charge < -0.3 is 14.6 Å². The van der Waals surface area contributed by atoms with Gasteiger partial charge in [0.25, 0.3) is 6.01 Å². The maximum absolute atomic E-state index is 5.79. The maximum Gasteiger partial charge on any atom is 0.298 e. The van der Waals surface area contributed by atoms with Gasteiger partial charge in [-0.25, -0.2) is 0 Å². The van der Waals surface area contributed by atoms with Crippen molar-refractivity contribution in [3.63, 3.8) is 0 Å². The van der Waals surface area contributed by atoms with Crippen molar-refractivity contribution in [1.29, 1.82) is 0 Å². The zero-order chi connectivity index (χ0) is 11.7. The van der Waals surface area contributed by atoms with Crippen molar-refractivity contribution in [2.75, 3.05) is 31.1 Å². The lowest BCUT2D eigenvalue weighted by molar-refractivity contribution is 0.517. The third-order valence-electron chi connectivity index (χ3n) is 3.24. The number of fused-ring (bicyclic) bond motifs is 1. The molecule has 4 nitrogen and oxygen atoms in total. The predicted molar refractivity (Wildman–Crippen MR) is 68.5 cm³/mol. The van der Waals surface area contributed by atoms with Gasteiger partial charge in [-0.2, -0.15) is 4.98 Å². The van der Waals surface area contributed by atoms with Crippen LogP contribution < -0.4 is 10.2 Å². The second kappa shape index (κ2) is 4.37. The lowest BCUT2D eigenvalue weighted by atomic mass is 10.1. The summed E-state index contributed by atoms with van der Waals surface area (Å²) in [6.07, 6.45) is 1.03. The van der Waals surface area contributed by atoms with Crippen LogP contribution in [0.15, 0.2) is 22.6 Å². The summed E-state index contributed by atoms with van der Waals surface area (Å²) < 4.78 is 5.79. The highest BCUT2D eigenvalue weighted by molar-refractivity contribution is 5.75. The van der Waals surface area contributed by atoms with Crippen LogP contribution in [0.5, 0.6) is 0 Å². The third kappa shape index (κ3) is 2.00. The number of oxazole rings is 1. The highest BCUT2D eigenvalue weighted by atomic mass is 16.4. The molecule has 0 amide bonds. The molecule has 0 bridgehead atoms. The highest BCUT2D eigenvalue weighted by Crippen LogP contribution is 2.23. The first-order valence-electron chi connectivity index (χ1n) is 6.22. The molecule has 1 N–H and O–H groups in total. The third-order valence-corrected chi connectivity index (χ3v) is 3.24. The summed E-state index contributed by atoms with van der Waals surface area (Å²) in [5, 5.41) is 3.33. The fraction of sp³-hybridized carbons (Fsp3) is 0.462. The van der Waals surface area contributed by atoms with Crippen molar-refractivity contribution in [2.24, 2.45) is 0 Å². The summed E-state index contributed by atoms with van der Waals surface area (Å²) in [6, 6.07) is 7.00. The smallest absolute Gasteiger partial charge is 0.298 e. The van der Waals surface area contributed by atoms with E-state index in [2.05, 4.69) is 34.3 Å². The van der Waals surface area contributed by atoms with Crippen LogP contribution in [0.25, 0.3) is 11.1 Å². The standard InChI is InChI=1S/C13H17N3O/c1-2-10-3-4-12-11(9-10)15-13(17-12)16-7-5-14-6-8-16/h3-4,9,14H,2,5-8H2,1H3. The van der Waals surface area contributed by atoms with Crippen LogP contribution in [0.3, 0.4) is 0 Å². The Morgan fingerprint density at radius 2 is 2.18 bits per heavy atom. The fourth-order valence-electron chi connectivity index (χ4n) is 2.17. The van der Waals surface area contributed by atoms with Crippen molar-refractivity contribution in [3.05, 3.63) is 23.8 Å². The Bertz CT molecular complexity index is 514. The molecule has 0 aliphatic carbocycles. The number of nitrogens with one attached hydrogen (secondary N) is 1. The lowest BCUT2D eigenvalue weighted by Gasteiger charge is -2.25. The van der Waals surface area contributed by atoms with Gasteiger partial charge in [0.1, 0.15) is 5.52 Å². The van der Waals surface area contributed by atoms with E-state index in [0.717, 1.165) is 49.7 Å². The summed E-state index contributed by atoms with van der Waals surface area (Å²) in [7, 11) is 0. The summed E-state index contributed by atoms with van der Waals surface area (Å²) in [5.41, 5.74) is 3.16. The molecule has 3 rings (SSSR count). The molecule has 1 aromatic carbocycles. The van der Waals surface area contributed by atoms with Crippen molar-refractivity contribution in [2.45, 2.75) is 13.3 Å². The molecule has 1 saturated heterocycles. The number of anilines is 1. The van der Waals surface area contributed by atoms with Crippen molar-refractivity contribution >= 4 is 17.1 Å². The Balaban J connectivity index is 1.95. The van der Waals surface area contributed by atoms with Gasteiger partial charge in [-0.1, -0.05) is 13.0 Å². The lowest BCUT2D eigenvalue weighted by Crippen LogP contribution is -2.43. The molecule has 0 unspecified atom stereocenters. The average molecular weight is 231 g/mol. The zero-order valence-electron chi connectivity index (χ0n) is 10.1. The summed E-state index contributed by atoms with van der Waals surface area (Å²) in [5.74, 6) is 0. The molecular weight excluding hydrogens is 214 g/mol. The van der Waals surface area contributed by atoms with Crippen LogP contribution in [0.4, 0.5) is 6.01 Å². The van der Waals surface area contributed by atoms with E-state index in [1.165, 1.54) is 5.56 Å². The van der Waals surface area contributed by atoms with Crippen molar-refractivity contribution in [3.8, 4) is 0 Å². The zero-order valence-corrected chi connectivity index (χ0v) is 10.1. The predicted octanol–water partition coefficient (Wildman–Crippen LogP) is 1.80. The molecule has 17 heavy (non-hydrogen) atoms. The molecule has 0 atom stereocenters. The fourth-order valence-corrected chi connectivity index (χ4v) is 2.17. The molecule has 0 saturated carbocycles. The van der Waals surface area contributed by atoms with Gasteiger partial charge in [0.2, 0.25) is 0 Å².